The van der Waals surface area contributed by atoms with E-state index in [0.29, 0.717) is 0 Å². The molecular weight excluding hydrogens is 398 g/mol. The summed E-state index contributed by atoms with van der Waals surface area (Å²) in [5, 5.41) is -0.00127. The van der Waals surface area contributed by atoms with Gasteiger partial charge in [-0.2, -0.15) is 4.31 Å². The van der Waals surface area contributed by atoms with Gasteiger partial charge in [-0.3, -0.25) is 0 Å². The standard InChI is InChI=1S/C17H20ClNO7S/c1-10-8-19(9-11(2)25-10)27(22,23)15-7-12(3-4-13(15)18)16(20)26-14-5-6-24-17(14)21/h3-4,7,10-11,14H,5-6,8-9H2,1-2H3/t10-,11-,14+/m1/s1. The van der Waals surface area contributed by atoms with Gasteiger partial charge >= 0.3 is 11.9 Å². The number of ether oxygens (including phenoxy) is 3. The highest BCUT2D eigenvalue weighted by Gasteiger charge is 2.35. The number of nitrogens with zero attached hydrogens (tertiary/aromatic N) is 1. The molecule has 1 aromatic rings. The highest BCUT2D eigenvalue weighted by Crippen LogP contribution is 2.28. The highest BCUT2D eigenvalue weighted by molar-refractivity contribution is 7.89. The number of halogens is 1. The molecule has 27 heavy (non-hydrogen) atoms. The fourth-order valence-corrected chi connectivity index (χ4v) is 5.17. The summed E-state index contributed by atoms with van der Waals surface area (Å²) in [6.07, 6.45) is -1.23. The van der Waals surface area contributed by atoms with Crippen LogP contribution in [0.4, 0.5) is 0 Å². The summed E-state index contributed by atoms with van der Waals surface area (Å²) < 4.78 is 42.8. The van der Waals surface area contributed by atoms with Crippen molar-refractivity contribution >= 4 is 33.6 Å². The van der Waals surface area contributed by atoms with Crippen LogP contribution in [0, 0.1) is 0 Å². The summed E-state index contributed by atoms with van der Waals surface area (Å²) >= 11 is 6.11. The lowest BCUT2D eigenvalue weighted by Crippen LogP contribution is -2.48. The van der Waals surface area contributed by atoms with Gasteiger partial charge in [0.05, 0.1) is 29.4 Å². The van der Waals surface area contributed by atoms with Crippen LogP contribution in [0.15, 0.2) is 23.1 Å². The minimum absolute atomic E-state index is 0.00127. The molecular formula is C17H20ClNO7S. The summed E-state index contributed by atoms with van der Waals surface area (Å²) in [6.45, 7) is 4.13. The molecule has 8 nitrogen and oxygen atoms in total. The maximum atomic E-state index is 13.0. The second kappa shape index (κ2) is 7.75. The van der Waals surface area contributed by atoms with Gasteiger partial charge in [-0.25, -0.2) is 18.0 Å². The fraction of sp³-hybridized carbons (Fsp3) is 0.529. The van der Waals surface area contributed by atoms with E-state index in [0.717, 1.165) is 0 Å². The van der Waals surface area contributed by atoms with E-state index in [9.17, 15) is 18.0 Å². The van der Waals surface area contributed by atoms with Crippen LogP contribution < -0.4 is 0 Å². The normalized spacial score (nSPS) is 26.6. The molecule has 10 heteroatoms. The molecule has 0 saturated carbocycles. The number of sulfonamides is 1. The van der Waals surface area contributed by atoms with E-state index >= 15 is 0 Å². The summed E-state index contributed by atoms with van der Waals surface area (Å²) in [5.41, 5.74) is -0.00738. The van der Waals surface area contributed by atoms with E-state index in [4.69, 9.17) is 25.8 Å². The lowest BCUT2D eigenvalue weighted by molar-refractivity contribution is -0.145. The van der Waals surface area contributed by atoms with Crippen LogP contribution in [0.3, 0.4) is 0 Å². The van der Waals surface area contributed by atoms with Gasteiger partial charge in [0, 0.05) is 19.5 Å². The molecule has 2 aliphatic heterocycles. The monoisotopic (exact) mass is 417 g/mol. The Bertz CT molecular complexity index is 847. The highest BCUT2D eigenvalue weighted by atomic mass is 35.5. The lowest BCUT2D eigenvalue weighted by Gasteiger charge is -2.34. The predicted octanol–water partition coefficient (Wildman–Crippen LogP) is 1.61. The Morgan fingerprint density at radius 1 is 1.26 bits per heavy atom. The van der Waals surface area contributed by atoms with E-state index < -0.39 is 28.1 Å². The van der Waals surface area contributed by atoms with Crippen molar-refractivity contribution < 1.29 is 32.2 Å². The van der Waals surface area contributed by atoms with Crippen LogP contribution in [-0.4, -0.2) is 62.7 Å². The number of hydrogen-bond donors (Lipinski definition) is 0. The zero-order valence-corrected chi connectivity index (χ0v) is 16.5. The Balaban J connectivity index is 1.86. The van der Waals surface area contributed by atoms with Gasteiger partial charge in [0.25, 0.3) is 0 Å². The molecule has 0 spiro atoms. The van der Waals surface area contributed by atoms with Crippen LogP contribution >= 0.6 is 11.6 Å². The van der Waals surface area contributed by atoms with E-state index in [2.05, 4.69) is 0 Å². The van der Waals surface area contributed by atoms with Crippen molar-refractivity contribution in [3.05, 3.63) is 28.8 Å². The predicted molar refractivity (Wildman–Crippen MR) is 95.0 cm³/mol. The Hall–Kier alpha value is -1.68. The molecule has 2 fully saturated rings. The number of carbonyl (C=O) groups is 2. The number of cyclic esters (lactones) is 1. The van der Waals surface area contributed by atoms with Crippen molar-refractivity contribution in [1.82, 2.24) is 4.31 Å². The van der Waals surface area contributed by atoms with Crippen LogP contribution in [0.1, 0.15) is 30.6 Å². The largest absolute Gasteiger partial charge is 0.463 e. The number of esters is 2. The molecule has 0 aliphatic carbocycles. The van der Waals surface area contributed by atoms with E-state index in [-0.39, 0.29) is 53.8 Å². The number of carbonyl (C=O) groups excluding carboxylic acids is 2. The first-order chi connectivity index (χ1) is 12.7. The SMILES string of the molecule is C[C@@H]1CN(S(=O)(=O)c2cc(C(=O)O[C@H]3CCOC3=O)ccc2Cl)C[C@@H](C)O1. The first-order valence-electron chi connectivity index (χ1n) is 8.51. The Labute approximate surface area is 162 Å². The molecule has 0 unspecified atom stereocenters. The molecule has 0 N–H and O–H groups in total. The topological polar surface area (TPSA) is 99.2 Å². The molecule has 3 atom stereocenters. The van der Waals surface area contributed by atoms with Gasteiger partial charge in [0.1, 0.15) is 4.90 Å². The van der Waals surface area contributed by atoms with Gasteiger partial charge in [0.2, 0.25) is 16.1 Å². The summed E-state index contributed by atoms with van der Waals surface area (Å²) in [5.74, 6) is -1.42. The van der Waals surface area contributed by atoms with Crippen LogP contribution in [0.5, 0.6) is 0 Å². The van der Waals surface area contributed by atoms with Crippen molar-refractivity contribution in [2.45, 2.75) is 43.5 Å². The van der Waals surface area contributed by atoms with Gasteiger partial charge in [0.15, 0.2) is 0 Å². The van der Waals surface area contributed by atoms with Crippen molar-refractivity contribution in [3.8, 4) is 0 Å². The van der Waals surface area contributed by atoms with Crippen molar-refractivity contribution in [2.75, 3.05) is 19.7 Å². The molecule has 3 rings (SSSR count). The molecule has 0 radical (unpaired) electrons. The first-order valence-corrected chi connectivity index (χ1v) is 10.3. The van der Waals surface area contributed by atoms with Crippen molar-refractivity contribution in [2.24, 2.45) is 0 Å². The summed E-state index contributed by atoms with van der Waals surface area (Å²) in [4.78, 5) is 23.6. The van der Waals surface area contributed by atoms with E-state index in [1.807, 2.05) is 0 Å². The van der Waals surface area contributed by atoms with Gasteiger partial charge < -0.3 is 14.2 Å². The first kappa shape index (κ1) is 20.1. The van der Waals surface area contributed by atoms with Crippen molar-refractivity contribution in [3.63, 3.8) is 0 Å². The third-order valence-electron chi connectivity index (χ3n) is 4.31. The fourth-order valence-electron chi connectivity index (χ4n) is 3.08. The molecule has 0 bridgehead atoms. The number of benzene rings is 1. The third-order valence-corrected chi connectivity index (χ3v) is 6.62. The second-order valence-corrected chi connectivity index (χ2v) is 8.89. The average Bonchev–Trinajstić information content (AvgIpc) is 2.99. The molecule has 0 aromatic heterocycles. The second-order valence-electron chi connectivity index (χ2n) is 6.57. The summed E-state index contributed by atoms with van der Waals surface area (Å²) in [7, 11) is -3.93. The third kappa shape index (κ3) is 4.26. The van der Waals surface area contributed by atoms with Gasteiger partial charge in [-0.15, -0.1) is 0 Å². The Morgan fingerprint density at radius 2 is 1.93 bits per heavy atom. The van der Waals surface area contributed by atoms with E-state index in [1.165, 1.54) is 22.5 Å². The minimum atomic E-state index is -3.93. The Morgan fingerprint density at radius 3 is 2.52 bits per heavy atom. The smallest absolute Gasteiger partial charge is 0.347 e. The minimum Gasteiger partial charge on any atom is -0.463 e. The van der Waals surface area contributed by atoms with Gasteiger partial charge in [-0.05, 0) is 32.0 Å². The lowest BCUT2D eigenvalue weighted by atomic mass is 10.2. The molecule has 148 valence electrons. The summed E-state index contributed by atoms with van der Waals surface area (Å²) in [6, 6.07) is 3.85. The number of hydrogen-bond acceptors (Lipinski definition) is 7. The maximum absolute atomic E-state index is 13.0. The molecule has 2 heterocycles. The van der Waals surface area contributed by atoms with Crippen LogP contribution in [-0.2, 0) is 29.0 Å². The van der Waals surface area contributed by atoms with Crippen LogP contribution in [0.2, 0.25) is 5.02 Å². The van der Waals surface area contributed by atoms with Crippen LogP contribution in [0.25, 0.3) is 0 Å². The maximum Gasteiger partial charge on any atom is 0.347 e. The molecule has 1 aromatic carbocycles. The van der Waals surface area contributed by atoms with Crippen molar-refractivity contribution in [1.29, 1.82) is 0 Å². The number of rotatable bonds is 4. The average molecular weight is 418 g/mol. The zero-order valence-electron chi connectivity index (χ0n) is 14.9. The molecule has 0 amide bonds. The number of morpholine rings is 1. The van der Waals surface area contributed by atoms with Gasteiger partial charge in [-0.1, -0.05) is 11.6 Å². The van der Waals surface area contributed by atoms with E-state index in [1.54, 1.807) is 13.8 Å². The zero-order chi connectivity index (χ0) is 19.8. The Kier molecular flexibility index (Phi) is 5.76. The molecule has 2 aliphatic rings. The quantitative estimate of drug-likeness (QED) is 0.686. The molecule has 2 saturated heterocycles.